The third kappa shape index (κ3) is 4.19. The van der Waals surface area contributed by atoms with Crippen LogP contribution in [0.2, 0.25) is 0 Å². The van der Waals surface area contributed by atoms with Crippen molar-refractivity contribution in [2.75, 3.05) is 19.0 Å². The van der Waals surface area contributed by atoms with E-state index in [9.17, 15) is 10.0 Å². The van der Waals surface area contributed by atoms with Crippen LogP contribution in [0.3, 0.4) is 0 Å². The molecule has 1 aliphatic rings. The number of nitrogens with one attached hydrogen (secondary N) is 1. The molecular weight excluding hydrogens is 408 g/mol. The zero-order valence-electron chi connectivity index (χ0n) is 18.2. The second-order valence-electron chi connectivity index (χ2n) is 7.84. The molecular formula is C24H27N4O4+. The van der Waals surface area contributed by atoms with Crippen molar-refractivity contribution in [2.24, 2.45) is 5.92 Å². The molecule has 2 N–H and O–H groups in total. The van der Waals surface area contributed by atoms with Crippen molar-refractivity contribution < 1.29 is 24.2 Å². The second kappa shape index (κ2) is 9.18. The number of carbonyl (C=O) groups excluding carboxylic acids is 1. The number of hydrogen-bond acceptors (Lipinski definition) is 5. The maximum atomic E-state index is 12.9. The van der Waals surface area contributed by atoms with Crippen LogP contribution >= 0.6 is 0 Å². The lowest BCUT2D eigenvalue weighted by Gasteiger charge is -2.25. The van der Waals surface area contributed by atoms with E-state index < -0.39 is 5.91 Å². The average molecular weight is 436 g/mol. The van der Waals surface area contributed by atoms with Crippen molar-refractivity contribution in [3.8, 4) is 24.0 Å². The molecule has 8 heteroatoms. The summed E-state index contributed by atoms with van der Waals surface area (Å²) in [6.45, 7) is 2.31. The summed E-state index contributed by atoms with van der Waals surface area (Å²) in [6.07, 6.45) is 11.6. The third-order valence-electron chi connectivity index (χ3n) is 5.85. The predicted octanol–water partition coefficient (Wildman–Crippen LogP) is 3.59. The minimum atomic E-state index is -0.494. The lowest BCUT2D eigenvalue weighted by molar-refractivity contribution is -0.907. The molecule has 0 saturated heterocycles. The average Bonchev–Trinajstić information content (AvgIpc) is 3.22. The molecule has 1 aliphatic carbocycles. The Balaban J connectivity index is 1.63. The number of aromatic nitrogens is 3. The van der Waals surface area contributed by atoms with Gasteiger partial charge in [-0.2, -0.15) is 5.10 Å². The summed E-state index contributed by atoms with van der Waals surface area (Å²) in [5, 5.41) is 18.7. The largest absolute Gasteiger partial charge is 0.492 e. The molecule has 1 saturated carbocycles. The fourth-order valence-electron chi connectivity index (χ4n) is 4.13. The number of ether oxygens (including phenoxy) is 2. The molecule has 0 unspecified atom stereocenters. The van der Waals surface area contributed by atoms with E-state index in [2.05, 4.69) is 11.2 Å². The zero-order chi connectivity index (χ0) is 22.7. The molecule has 4 rings (SSSR count). The first-order chi connectivity index (χ1) is 15.5. The summed E-state index contributed by atoms with van der Waals surface area (Å²) in [5.74, 6) is 3.39. The van der Waals surface area contributed by atoms with E-state index in [1.807, 2.05) is 29.9 Å². The van der Waals surface area contributed by atoms with Crippen LogP contribution in [0.15, 0.2) is 36.5 Å². The first-order valence-corrected chi connectivity index (χ1v) is 10.8. The van der Waals surface area contributed by atoms with E-state index >= 15 is 0 Å². The highest BCUT2D eigenvalue weighted by atomic mass is 16.5. The maximum Gasteiger partial charge on any atom is 0.417 e. The summed E-state index contributed by atoms with van der Waals surface area (Å²) in [7, 11) is 1.42. The molecule has 2 heterocycles. The number of anilines is 1. The van der Waals surface area contributed by atoms with Gasteiger partial charge >= 0.3 is 17.5 Å². The molecule has 0 radical (unpaired) electrons. The van der Waals surface area contributed by atoms with Gasteiger partial charge in [0, 0.05) is 29.6 Å². The van der Waals surface area contributed by atoms with E-state index in [-0.39, 0.29) is 11.6 Å². The smallest absolute Gasteiger partial charge is 0.417 e. The van der Waals surface area contributed by atoms with Crippen LogP contribution in [0.4, 0.5) is 5.69 Å². The first-order valence-electron chi connectivity index (χ1n) is 10.8. The Morgan fingerprint density at radius 1 is 1.34 bits per heavy atom. The van der Waals surface area contributed by atoms with E-state index in [0.29, 0.717) is 34.7 Å². The Morgan fingerprint density at radius 2 is 2.12 bits per heavy atom. The van der Waals surface area contributed by atoms with Crippen molar-refractivity contribution in [2.45, 2.75) is 38.6 Å². The number of methoxy groups -OCH3 is 1. The molecule has 0 spiro atoms. The number of nitrogens with zero attached hydrogens (tertiary/aromatic N) is 3. The van der Waals surface area contributed by atoms with Crippen molar-refractivity contribution in [1.29, 1.82) is 0 Å². The Morgan fingerprint density at radius 3 is 2.81 bits per heavy atom. The number of fused-ring (bicyclic) bond motifs is 1. The van der Waals surface area contributed by atoms with E-state index in [1.165, 1.54) is 13.2 Å². The van der Waals surface area contributed by atoms with Crippen LogP contribution in [0, 0.1) is 18.3 Å². The quantitative estimate of drug-likeness (QED) is 0.351. The number of terminal acetylenes is 1. The number of pyridine rings is 1. The Labute approximate surface area is 186 Å². The van der Waals surface area contributed by atoms with Gasteiger partial charge in [0.2, 0.25) is 0 Å². The molecule has 1 amide bonds. The molecule has 0 bridgehead atoms. The first kappa shape index (κ1) is 21.5. The van der Waals surface area contributed by atoms with Gasteiger partial charge in [-0.1, -0.05) is 0 Å². The Hall–Kier alpha value is -3.73. The van der Waals surface area contributed by atoms with Crippen molar-refractivity contribution in [1.82, 2.24) is 9.78 Å². The zero-order valence-corrected chi connectivity index (χ0v) is 18.2. The third-order valence-corrected chi connectivity index (χ3v) is 5.85. The summed E-state index contributed by atoms with van der Waals surface area (Å²) >= 11 is 0. The highest BCUT2D eigenvalue weighted by molar-refractivity contribution is 6.04. The summed E-state index contributed by atoms with van der Waals surface area (Å²) < 4.78 is 13.5. The SMILES string of the molecule is C#C[C@H]1CC[C@H](n2cc3cc(NC(=O)c4cccc(OC)[n+]4O)c(OCC)cc3n2)CC1. The standard InChI is InChI=1S/C24H26N4O4/c1-4-16-9-11-18(12-10-16)27-15-17-13-20(22(32-5-2)14-19(17)26-27)25-24(29)21-7-6-8-23(31-3)28(21)30/h1,6-8,13-16,18H,5,9-12H2,2-3H3,(H-,25,29,30)/p+1/t16-,18-. The van der Waals surface area contributed by atoms with Gasteiger partial charge in [0.15, 0.2) is 0 Å². The van der Waals surface area contributed by atoms with Gasteiger partial charge in [-0.15, -0.1) is 12.3 Å². The highest BCUT2D eigenvalue weighted by Gasteiger charge is 2.26. The van der Waals surface area contributed by atoms with Crippen molar-refractivity contribution in [3.63, 3.8) is 0 Å². The predicted molar refractivity (Wildman–Crippen MR) is 119 cm³/mol. The van der Waals surface area contributed by atoms with E-state index in [4.69, 9.17) is 21.0 Å². The highest BCUT2D eigenvalue weighted by Crippen LogP contribution is 2.35. The van der Waals surface area contributed by atoms with Gasteiger partial charge in [-0.25, -0.2) is 0 Å². The van der Waals surface area contributed by atoms with Crippen molar-refractivity contribution in [3.05, 3.63) is 42.2 Å². The lowest BCUT2D eigenvalue weighted by atomic mass is 9.87. The molecule has 1 fully saturated rings. The van der Waals surface area contributed by atoms with Crippen LogP contribution in [-0.4, -0.2) is 34.6 Å². The molecule has 0 atom stereocenters. The van der Waals surface area contributed by atoms with Gasteiger partial charge in [-0.3, -0.25) is 14.7 Å². The van der Waals surface area contributed by atoms with Gasteiger partial charge in [0.25, 0.3) is 0 Å². The van der Waals surface area contributed by atoms with Gasteiger partial charge in [-0.05, 0) is 44.7 Å². The summed E-state index contributed by atoms with van der Waals surface area (Å²) in [5.41, 5.74) is 1.33. The Kier molecular flexibility index (Phi) is 6.17. The minimum absolute atomic E-state index is 0.0351. The summed E-state index contributed by atoms with van der Waals surface area (Å²) in [6, 6.07) is 8.67. The van der Waals surface area contributed by atoms with Gasteiger partial charge < -0.3 is 14.8 Å². The van der Waals surface area contributed by atoms with Gasteiger partial charge in [0.05, 0.1) is 41.8 Å². The van der Waals surface area contributed by atoms with E-state index in [0.717, 1.165) is 36.6 Å². The molecule has 2 aromatic heterocycles. The number of hydrogen-bond donors (Lipinski definition) is 2. The maximum absolute atomic E-state index is 12.9. The van der Waals surface area contributed by atoms with Crippen LogP contribution in [-0.2, 0) is 0 Å². The topological polar surface area (TPSA) is 89.5 Å². The molecule has 3 aromatic rings. The number of benzene rings is 1. The fraction of sp³-hybridized carbons (Fsp3) is 0.375. The normalized spacial score (nSPS) is 18.2. The number of amides is 1. The molecule has 1 aromatic carbocycles. The molecule has 8 nitrogen and oxygen atoms in total. The Bertz CT molecular complexity index is 1170. The van der Waals surface area contributed by atoms with Crippen molar-refractivity contribution >= 4 is 22.5 Å². The van der Waals surface area contributed by atoms with Gasteiger partial charge in [0.1, 0.15) is 5.75 Å². The van der Waals surface area contributed by atoms with Crippen LogP contribution in [0.5, 0.6) is 11.6 Å². The fourth-order valence-corrected chi connectivity index (χ4v) is 4.13. The number of carbonyl (C=O) groups is 1. The van der Waals surface area contributed by atoms with Crippen LogP contribution in [0.1, 0.15) is 49.1 Å². The molecule has 0 aliphatic heterocycles. The van der Waals surface area contributed by atoms with Crippen LogP contribution < -0.4 is 19.5 Å². The van der Waals surface area contributed by atoms with Crippen LogP contribution in [0.25, 0.3) is 10.9 Å². The molecule has 166 valence electrons. The lowest BCUT2D eigenvalue weighted by Crippen LogP contribution is -2.40. The number of rotatable bonds is 6. The minimum Gasteiger partial charge on any atom is -0.492 e. The summed E-state index contributed by atoms with van der Waals surface area (Å²) in [4.78, 5) is 12.9. The monoisotopic (exact) mass is 435 g/mol. The van der Waals surface area contributed by atoms with E-state index in [1.54, 1.807) is 12.1 Å². The molecule has 32 heavy (non-hydrogen) atoms. The second-order valence-corrected chi connectivity index (χ2v) is 7.84.